The zero-order valence-corrected chi connectivity index (χ0v) is 10.2. The molecule has 4 heteroatoms. The lowest BCUT2D eigenvalue weighted by Gasteiger charge is -2.25. The maximum atomic E-state index is 5.70. The predicted molar refractivity (Wildman–Crippen MR) is 68.0 cm³/mol. The fraction of sp³-hybridized carbons (Fsp3) is 0.692. The number of hydrogen-bond acceptors (Lipinski definition) is 4. The minimum atomic E-state index is 0.616. The van der Waals surface area contributed by atoms with E-state index in [-0.39, 0.29) is 0 Å². The minimum absolute atomic E-state index is 0.616. The van der Waals surface area contributed by atoms with E-state index < -0.39 is 0 Å². The Morgan fingerprint density at radius 3 is 2.53 bits per heavy atom. The van der Waals surface area contributed by atoms with Gasteiger partial charge >= 0.3 is 0 Å². The summed E-state index contributed by atoms with van der Waals surface area (Å²) in [6, 6.07) is 0. The first-order chi connectivity index (χ1) is 8.36. The van der Waals surface area contributed by atoms with Crippen molar-refractivity contribution in [3.05, 3.63) is 18.0 Å². The second-order valence-corrected chi connectivity index (χ2v) is 5.28. The average molecular weight is 232 g/mol. The SMILES string of the molecule is NCC1CCN(c2ncc(C3CCC3)cn2)C1. The van der Waals surface area contributed by atoms with Gasteiger partial charge in [-0.15, -0.1) is 0 Å². The van der Waals surface area contributed by atoms with Crippen molar-refractivity contribution in [2.75, 3.05) is 24.5 Å². The fourth-order valence-corrected chi connectivity index (χ4v) is 2.65. The van der Waals surface area contributed by atoms with Crippen molar-refractivity contribution in [2.24, 2.45) is 11.7 Å². The van der Waals surface area contributed by atoms with Gasteiger partial charge in [0, 0.05) is 25.5 Å². The second-order valence-electron chi connectivity index (χ2n) is 5.28. The molecule has 1 aliphatic heterocycles. The number of rotatable bonds is 3. The zero-order chi connectivity index (χ0) is 11.7. The lowest BCUT2D eigenvalue weighted by Crippen LogP contribution is -2.24. The number of aromatic nitrogens is 2. The molecular formula is C13H20N4. The zero-order valence-electron chi connectivity index (χ0n) is 10.2. The summed E-state index contributed by atoms with van der Waals surface area (Å²) in [5, 5.41) is 0. The van der Waals surface area contributed by atoms with E-state index >= 15 is 0 Å². The van der Waals surface area contributed by atoms with Crippen LogP contribution in [0.1, 0.15) is 37.2 Å². The van der Waals surface area contributed by atoms with Crippen molar-refractivity contribution in [1.29, 1.82) is 0 Å². The molecule has 0 radical (unpaired) electrons. The summed E-state index contributed by atoms with van der Waals surface area (Å²) in [7, 11) is 0. The molecule has 2 aliphatic rings. The van der Waals surface area contributed by atoms with Crippen LogP contribution in [0.15, 0.2) is 12.4 Å². The van der Waals surface area contributed by atoms with Crippen LogP contribution in [0, 0.1) is 5.92 Å². The topological polar surface area (TPSA) is 55.0 Å². The Morgan fingerprint density at radius 2 is 2.00 bits per heavy atom. The molecule has 1 aromatic rings. The maximum Gasteiger partial charge on any atom is 0.225 e. The highest BCUT2D eigenvalue weighted by Crippen LogP contribution is 2.35. The molecule has 1 aromatic heterocycles. The Morgan fingerprint density at radius 1 is 1.24 bits per heavy atom. The number of nitrogens with zero attached hydrogens (tertiary/aromatic N) is 3. The Bertz CT molecular complexity index is 372. The van der Waals surface area contributed by atoms with Gasteiger partial charge in [0.25, 0.3) is 0 Å². The smallest absolute Gasteiger partial charge is 0.225 e. The Balaban J connectivity index is 1.67. The highest BCUT2D eigenvalue weighted by atomic mass is 15.3. The molecule has 2 heterocycles. The Hall–Kier alpha value is -1.16. The summed E-state index contributed by atoms with van der Waals surface area (Å²) in [6.45, 7) is 2.83. The molecule has 0 bridgehead atoms. The summed E-state index contributed by atoms with van der Waals surface area (Å²) in [6.07, 6.45) is 9.17. The van der Waals surface area contributed by atoms with Gasteiger partial charge < -0.3 is 10.6 Å². The number of nitrogens with two attached hydrogens (primary N) is 1. The van der Waals surface area contributed by atoms with Crippen molar-refractivity contribution in [3.63, 3.8) is 0 Å². The molecular weight excluding hydrogens is 212 g/mol. The van der Waals surface area contributed by atoms with Crippen molar-refractivity contribution in [3.8, 4) is 0 Å². The maximum absolute atomic E-state index is 5.70. The lowest BCUT2D eigenvalue weighted by atomic mass is 9.81. The first-order valence-corrected chi connectivity index (χ1v) is 6.64. The van der Waals surface area contributed by atoms with E-state index in [1.54, 1.807) is 0 Å². The third-order valence-corrected chi connectivity index (χ3v) is 4.14. The Labute approximate surface area is 102 Å². The van der Waals surface area contributed by atoms with E-state index in [1.807, 2.05) is 12.4 Å². The van der Waals surface area contributed by atoms with E-state index in [0.29, 0.717) is 5.92 Å². The summed E-state index contributed by atoms with van der Waals surface area (Å²) in [5.41, 5.74) is 7.01. The monoisotopic (exact) mass is 232 g/mol. The molecule has 2 N–H and O–H groups in total. The third-order valence-electron chi connectivity index (χ3n) is 4.14. The van der Waals surface area contributed by atoms with Gasteiger partial charge in [-0.25, -0.2) is 9.97 Å². The van der Waals surface area contributed by atoms with Crippen LogP contribution in [0.5, 0.6) is 0 Å². The third kappa shape index (κ3) is 2.14. The van der Waals surface area contributed by atoms with Crippen molar-refractivity contribution in [1.82, 2.24) is 9.97 Å². The van der Waals surface area contributed by atoms with E-state index in [0.717, 1.165) is 31.5 Å². The first kappa shape index (κ1) is 11.0. The van der Waals surface area contributed by atoms with Gasteiger partial charge in [-0.05, 0) is 43.2 Å². The summed E-state index contributed by atoms with van der Waals surface area (Å²) >= 11 is 0. The van der Waals surface area contributed by atoms with Gasteiger partial charge in [0.1, 0.15) is 0 Å². The number of anilines is 1. The summed E-state index contributed by atoms with van der Waals surface area (Å²) in [4.78, 5) is 11.3. The minimum Gasteiger partial charge on any atom is -0.340 e. The molecule has 17 heavy (non-hydrogen) atoms. The van der Waals surface area contributed by atoms with Gasteiger partial charge in [0.2, 0.25) is 5.95 Å². The van der Waals surface area contributed by atoms with E-state index in [1.165, 1.54) is 31.2 Å². The molecule has 1 aliphatic carbocycles. The molecule has 92 valence electrons. The van der Waals surface area contributed by atoms with Crippen LogP contribution in [0.4, 0.5) is 5.95 Å². The molecule has 1 saturated heterocycles. The van der Waals surface area contributed by atoms with Crippen LogP contribution in [0.25, 0.3) is 0 Å². The quantitative estimate of drug-likeness (QED) is 0.858. The van der Waals surface area contributed by atoms with Gasteiger partial charge in [0.05, 0.1) is 0 Å². The summed E-state index contributed by atoms with van der Waals surface area (Å²) < 4.78 is 0. The second kappa shape index (κ2) is 4.61. The lowest BCUT2D eigenvalue weighted by molar-refractivity contribution is 0.417. The molecule has 0 amide bonds. The molecule has 1 saturated carbocycles. The van der Waals surface area contributed by atoms with Crippen molar-refractivity contribution < 1.29 is 0 Å². The standard InChI is InChI=1S/C13H20N4/c14-6-10-4-5-17(9-10)13-15-7-12(8-16-13)11-2-1-3-11/h7-8,10-11H,1-6,9,14H2. The predicted octanol–water partition coefficient (Wildman–Crippen LogP) is 1.53. The first-order valence-electron chi connectivity index (χ1n) is 6.64. The fourth-order valence-electron chi connectivity index (χ4n) is 2.65. The Kier molecular flexibility index (Phi) is 2.97. The van der Waals surface area contributed by atoms with Gasteiger partial charge in [-0.3, -0.25) is 0 Å². The molecule has 3 rings (SSSR count). The van der Waals surface area contributed by atoms with E-state index in [2.05, 4.69) is 14.9 Å². The van der Waals surface area contributed by atoms with Gasteiger partial charge in [-0.1, -0.05) is 6.42 Å². The van der Waals surface area contributed by atoms with Gasteiger partial charge in [-0.2, -0.15) is 0 Å². The van der Waals surface area contributed by atoms with Crippen LogP contribution < -0.4 is 10.6 Å². The van der Waals surface area contributed by atoms with Crippen LogP contribution in [-0.4, -0.2) is 29.6 Å². The molecule has 1 atom stereocenters. The largest absolute Gasteiger partial charge is 0.340 e. The molecule has 1 unspecified atom stereocenters. The molecule has 0 aromatic carbocycles. The van der Waals surface area contributed by atoms with Crippen molar-refractivity contribution in [2.45, 2.75) is 31.6 Å². The average Bonchev–Trinajstić information content (AvgIpc) is 2.76. The summed E-state index contributed by atoms with van der Waals surface area (Å²) in [5.74, 6) is 2.22. The number of hydrogen-bond donors (Lipinski definition) is 1. The van der Waals surface area contributed by atoms with Crippen molar-refractivity contribution >= 4 is 5.95 Å². The highest BCUT2D eigenvalue weighted by molar-refractivity contribution is 5.32. The molecule has 4 nitrogen and oxygen atoms in total. The normalized spacial score (nSPS) is 25.0. The van der Waals surface area contributed by atoms with Crippen LogP contribution in [0.2, 0.25) is 0 Å². The van der Waals surface area contributed by atoms with Crippen LogP contribution >= 0.6 is 0 Å². The van der Waals surface area contributed by atoms with E-state index in [9.17, 15) is 0 Å². The molecule has 2 fully saturated rings. The molecule has 0 spiro atoms. The van der Waals surface area contributed by atoms with Crippen LogP contribution in [0.3, 0.4) is 0 Å². The van der Waals surface area contributed by atoms with Gasteiger partial charge in [0.15, 0.2) is 0 Å². The van der Waals surface area contributed by atoms with E-state index in [4.69, 9.17) is 5.73 Å². The van der Waals surface area contributed by atoms with Crippen LogP contribution in [-0.2, 0) is 0 Å². The highest BCUT2D eigenvalue weighted by Gasteiger charge is 2.24.